The van der Waals surface area contributed by atoms with Gasteiger partial charge in [-0.1, -0.05) is 29.8 Å². The second-order valence-electron chi connectivity index (χ2n) is 3.79. The Morgan fingerprint density at radius 2 is 1.82 bits per heavy atom. The van der Waals surface area contributed by atoms with Crippen molar-refractivity contribution in [1.29, 1.82) is 0 Å². The molecule has 0 fully saturated rings. The number of halogens is 2. The van der Waals surface area contributed by atoms with Crippen molar-refractivity contribution in [1.82, 2.24) is 0 Å². The summed E-state index contributed by atoms with van der Waals surface area (Å²) in [5, 5.41) is 0.346. The van der Waals surface area contributed by atoms with Crippen LogP contribution in [0.15, 0.2) is 42.5 Å². The quantitative estimate of drug-likeness (QED) is 0.734. The maximum Gasteiger partial charge on any atom is 0.197 e. The fraction of sp³-hybridized carbons (Fsp3) is 0.0714. The normalized spacial score (nSPS) is 10.3. The average Bonchev–Trinajstić information content (AvgIpc) is 2.29. The molecule has 0 N–H and O–H groups in total. The van der Waals surface area contributed by atoms with Crippen molar-refractivity contribution in [2.45, 2.75) is 6.92 Å². The number of hydrogen-bond donors (Lipinski definition) is 0. The van der Waals surface area contributed by atoms with Crippen molar-refractivity contribution in [2.75, 3.05) is 0 Å². The van der Waals surface area contributed by atoms with Crippen LogP contribution in [0, 0.1) is 12.7 Å². The second-order valence-corrected chi connectivity index (χ2v) is 4.20. The first-order valence-corrected chi connectivity index (χ1v) is 5.53. The summed E-state index contributed by atoms with van der Waals surface area (Å²) in [4.78, 5) is 12.1. The number of carbonyl (C=O) groups excluding carboxylic acids is 1. The molecule has 0 heterocycles. The van der Waals surface area contributed by atoms with Gasteiger partial charge in [-0.2, -0.15) is 0 Å². The van der Waals surface area contributed by atoms with Gasteiger partial charge in [-0.25, -0.2) is 4.39 Å². The molecule has 2 aromatic carbocycles. The molecule has 17 heavy (non-hydrogen) atoms. The molecule has 2 aromatic rings. The van der Waals surface area contributed by atoms with Crippen LogP contribution in [0.3, 0.4) is 0 Å². The molecule has 0 radical (unpaired) electrons. The van der Waals surface area contributed by atoms with Gasteiger partial charge in [-0.05, 0) is 36.8 Å². The number of aryl methyl sites for hydroxylation is 1. The van der Waals surface area contributed by atoms with Crippen LogP contribution in [0.4, 0.5) is 4.39 Å². The van der Waals surface area contributed by atoms with Gasteiger partial charge in [-0.15, -0.1) is 0 Å². The Morgan fingerprint density at radius 1 is 1.12 bits per heavy atom. The number of hydrogen-bond acceptors (Lipinski definition) is 1. The average molecular weight is 249 g/mol. The molecular weight excluding hydrogens is 239 g/mol. The van der Waals surface area contributed by atoms with Crippen LogP contribution in [0.1, 0.15) is 21.5 Å². The molecule has 3 heteroatoms. The minimum Gasteiger partial charge on any atom is -0.288 e. The van der Waals surface area contributed by atoms with Gasteiger partial charge < -0.3 is 0 Å². The van der Waals surface area contributed by atoms with E-state index in [-0.39, 0.29) is 5.56 Å². The largest absolute Gasteiger partial charge is 0.288 e. The van der Waals surface area contributed by atoms with Crippen LogP contribution in [0.2, 0.25) is 5.02 Å². The van der Waals surface area contributed by atoms with Gasteiger partial charge in [0.05, 0.1) is 10.6 Å². The summed E-state index contributed by atoms with van der Waals surface area (Å²) in [7, 11) is 0. The highest BCUT2D eigenvalue weighted by Crippen LogP contribution is 2.22. The summed E-state index contributed by atoms with van der Waals surface area (Å²) in [5.74, 6) is -0.928. The molecule has 0 aliphatic carbocycles. The van der Waals surface area contributed by atoms with Gasteiger partial charge in [0.15, 0.2) is 5.78 Å². The second kappa shape index (κ2) is 4.68. The summed E-state index contributed by atoms with van der Waals surface area (Å²) in [6.45, 7) is 1.88. The lowest BCUT2D eigenvalue weighted by molar-refractivity contribution is 0.103. The SMILES string of the molecule is Cc1ccc(C(=O)c2ccccc2F)c(Cl)c1. The number of rotatable bonds is 2. The Labute approximate surface area is 104 Å². The van der Waals surface area contributed by atoms with E-state index in [1.54, 1.807) is 30.3 Å². The smallest absolute Gasteiger partial charge is 0.197 e. The summed E-state index contributed by atoms with van der Waals surface area (Å²) >= 11 is 5.98. The summed E-state index contributed by atoms with van der Waals surface area (Å²) in [5.41, 5.74) is 1.32. The Morgan fingerprint density at radius 3 is 2.47 bits per heavy atom. The lowest BCUT2D eigenvalue weighted by Gasteiger charge is -2.05. The number of ketones is 1. The Bertz CT molecular complexity index is 578. The fourth-order valence-corrected chi connectivity index (χ4v) is 1.92. The highest BCUT2D eigenvalue weighted by molar-refractivity contribution is 6.35. The first kappa shape index (κ1) is 11.8. The van der Waals surface area contributed by atoms with E-state index in [0.717, 1.165) is 5.56 Å². The fourth-order valence-electron chi connectivity index (χ4n) is 1.59. The molecule has 2 rings (SSSR count). The van der Waals surface area contributed by atoms with E-state index in [1.165, 1.54) is 12.1 Å². The zero-order valence-corrected chi connectivity index (χ0v) is 9.96. The van der Waals surface area contributed by atoms with Gasteiger partial charge in [0.1, 0.15) is 5.82 Å². The van der Waals surface area contributed by atoms with Gasteiger partial charge >= 0.3 is 0 Å². The Balaban J connectivity index is 2.48. The van der Waals surface area contributed by atoms with E-state index < -0.39 is 11.6 Å². The van der Waals surface area contributed by atoms with Gasteiger partial charge in [0.2, 0.25) is 0 Å². The van der Waals surface area contributed by atoms with Crippen molar-refractivity contribution in [3.63, 3.8) is 0 Å². The van der Waals surface area contributed by atoms with E-state index in [0.29, 0.717) is 10.6 Å². The van der Waals surface area contributed by atoms with Gasteiger partial charge in [-0.3, -0.25) is 4.79 Å². The third-order valence-electron chi connectivity index (χ3n) is 2.49. The van der Waals surface area contributed by atoms with Crippen molar-refractivity contribution in [2.24, 2.45) is 0 Å². The maximum absolute atomic E-state index is 13.5. The summed E-state index contributed by atoms with van der Waals surface area (Å²) < 4.78 is 13.5. The Hall–Kier alpha value is -1.67. The minimum atomic E-state index is -0.533. The van der Waals surface area contributed by atoms with Crippen molar-refractivity contribution >= 4 is 17.4 Å². The van der Waals surface area contributed by atoms with E-state index in [9.17, 15) is 9.18 Å². The van der Waals surface area contributed by atoms with Crippen LogP contribution in [0.5, 0.6) is 0 Å². The highest BCUT2D eigenvalue weighted by Gasteiger charge is 2.15. The predicted molar refractivity (Wildman–Crippen MR) is 66.0 cm³/mol. The lowest BCUT2D eigenvalue weighted by atomic mass is 10.0. The summed E-state index contributed by atoms with van der Waals surface area (Å²) in [6, 6.07) is 11.0. The molecule has 0 spiro atoms. The molecule has 0 atom stereocenters. The molecule has 0 aliphatic rings. The third-order valence-corrected chi connectivity index (χ3v) is 2.80. The van der Waals surface area contributed by atoms with Crippen LogP contribution >= 0.6 is 11.6 Å². The van der Waals surface area contributed by atoms with Crippen molar-refractivity contribution in [3.8, 4) is 0 Å². The monoisotopic (exact) mass is 248 g/mol. The first-order chi connectivity index (χ1) is 8.09. The zero-order chi connectivity index (χ0) is 12.4. The molecular formula is C14H10ClFO. The molecule has 0 aliphatic heterocycles. The maximum atomic E-state index is 13.5. The molecule has 86 valence electrons. The lowest BCUT2D eigenvalue weighted by Crippen LogP contribution is -2.04. The van der Waals surface area contributed by atoms with Crippen LogP contribution < -0.4 is 0 Å². The first-order valence-electron chi connectivity index (χ1n) is 5.15. The zero-order valence-electron chi connectivity index (χ0n) is 9.21. The molecule has 0 saturated carbocycles. The van der Waals surface area contributed by atoms with E-state index in [4.69, 9.17) is 11.6 Å². The third kappa shape index (κ3) is 2.37. The van der Waals surface area contributed by atoms with Gasteiger partial charge in [0.25, 0.3) is 0 Å². The molecule has 0 amide bonds. The summed E-state index contributed by atoms with van der Waals surface area (Å²) in [6.07, 6.45) is 0. The standard InChI is InChI=1S/C14H10ClFO/c1-9-6-7-10(12(15)8-9)14(17)11-4-2-3-5-13(11)16/h2-8H,1H3. The van der Waals surface area contributed by atoms with Crippen LogP contribution in [0.25, 0.3) is 0 Å². The molecule has 0 saturated heterocycles. The van der Waals surface area contributed by atoms with Gasteiger partial charge in [0, 0.05) is 5.56 Å². The highest BCUT2D eigenvalue weighted by atomic mass is 35.5. The molecule has 0 unspecified atom stereocenters. The Kier molecular flexibility index (Phi) is 3.25. The van der Waals surface area contributed by atoms with E-state index in [1.807, 2.05) is 6.92 Å². The molecule has 0 bridgehead atoms. The predicted octanol–water partition coefficient (Wildman–Crippen LogP) is 4.02. The molecule has 0 aromatic heterocycles. The van der Waals surface area contributed by atoms with E-state index >= 15 is 0 Å². The topological polar surface area (TPSA) is 17.1 Å². The van der Waals surface area contributed by atoms with Crippen molar-refractivity contribution < 1.29 is 9.18 Å². The molecule has 1 nitrogen and oxygen atoms in total. The minimum absolute atomic E-state index is 0.0400. The van der Waals surface area contributed by atoms with Crippen molar-refractivity contribution in [3.05, 3.63) is 70.0 Å². The van der Waals surface area contributed by atoms with Crippen LogP contribution in [-0.4, -0.2) is 5.78 Å². The van der Waals surface area contributed by atoms with E-state index in [2.05, 4.69) is 0 Å². The number of carbonyl (C=O) groups is 1. The van der Waals surface area contributed by atoms with Crippen LogP contribution in [-0.2, 0) is 0 Å². The number of benzene rings is 2.